The Morgan fingerprint density at radius 1 is 1.27 bits per heavy atom. The average Bonchev–Trinajstić information content (AvgIpc) is 2.27. The second kappa shape index (κ2) is 3.77. The highest BCUT2D eigenvalue weighted by atomic mass is 16.5. The minimum absolute atomic E-state index is 0.585. The van der Waals surface area contributed by atoms with Gasteiger partial charge in [-0.1, -0.05) is 37.4 Å². The van der Waals surface area contributed by atoms with E-state index >= 15 is 0 Å². The van der Waals surface area contributed by atoms with Crippen LogP contribution in [-0.2, 0) is 0 Å². The first-order chi connectivity index (χ1) is 7.26. The van der Waals surface area contributed by atoms with Crippen LogP contribution in [-0.4, -0.2) is 6.61 Å². The summed E-state index contributed by atoms with van der Waals surface area (Å²) in [5.41, 5.74) is 4.54. The molecule has 1 aliphatic heterocycles. The lowest BCUT2D eigenvalue weighted by Crippen LogP contribution is -2.09. The predicted octanol–water partition coefficient (Wildman–Crippen LogP) is 3.51. The van der Waals surface area contributed by atoms with Gasteiger partial charge in [-0.05, 0) is 29.7 Å². The maximum atomic E-state index is 5.66. The first-order valence-corrected chi connectivity index (χ1v) is 4.98. The Morgan fingerprint density at radius 3 is 2.73 bits per heavy atom. The van der Waals surface area contributed by atoms with Crippen molar-refractivity contribution in [3.8, 4) is 5.75 Å². The van der Waals surface area contributed by atoms with Crippen LogP contribution in [0, 0.1) is 6.92 Å². The third kappa shape index (κ3) is 1.61. The SMILES string of the molecule is C=CC1=C(C=C)c2ccc(C)cc2OC1. The molecule has 1 aliphatic rings. The Hall–Kier alpha value is -1.76. The zero-order valence-corrected chi connectivity index (χ0v) is 8.92. The van der Waals surface area contributed by atoms with Crippen LogP contribution in [0.15, 0.2) is 49.1 Å². The van der Waals surface area contributed by atoms with Crippen molar-refractivity contribution in [2.45, 2.75) is 6.92 Å². The number of aryl methyl sites for hydroxylation is 1. The van der Waals surface area contributed by atoms with Crippen LogP contribution in [0.2, 0.25) is 0 Å². The van der Waals surface area contributed by atoms with Crippen LogP contribution in [0.3, 0.4) is 0 Å². The molecule has 0 aliphatic carbocycles. The van der Waals surface area contributed by atoms with Crippen molar-refractivity contribution in [2.75, 3.05) is 6.61 Å². The molecule has 0 fully saturated rings. The molecule has 0 N–H and O–H groups in total. The summed E-state index contributed by atoms with van der Waals surface area (Å²) in [5.74, 6) is 0.940. The van der Waals surface area contributed by atoms with Crippen molar-refractivity contribution in [1.82, 2.24) is 0 Å². The third-order valence-electron chi connectivity index (χ3n) is 2.61. The molecule has 15 heavy (non-hydrogen) atoms. The molecule has 0 amide bonds. The Bertz CT molecular complexity index is 452. The van der Waals surface area contributed by atoms with Crippen molar-refractivity contribution in [2.24, 2.45) is 0 Å². The lowest BCUT2D eigenvalue weighted by molar-refractivity contribution is 0.350. The van der Waals surface area contributed by atoms with Crippen molar-refractivity contribution >= 4 is 5.57 Å². The molecule has 0 unspecified atom stereocenters. The topological polar surface area (TPSA) is 9.23 Å². The molecular weight excluding hydrogens is 184 g/mol. The van der Waals surface area contributed by atoms with E-state index in [0.29, 0.717) is 6.61 Å². The van der Waals surface area contributed by atoms with Gasteiger partial charge in [0.2, 0.25) is 0 Å². The van der Waals surface area contributed by atoms with Gasteiger partial charge in [-0.2, -0.15) is 0 Å². The van der Waals surface area contributed by atoms with E-state index in [4.69, 9.17) is 4.74 Å². The summed E-state index contributed by atoms with van der Waals surface area (Å²) in [6.45, 7) is 10.3. The number of fused-ring (bicyclic) bond motifs is 1. The molecule has 0 radical (unpaired) electrons. The highest BCUT2D eigenvalue weighted by Gasteiger charge is 2.15. The van der Waals surface area contributed by atoms with E-state index in [1.54, 1.807) is 0 Å². The molecule has 0 saturated carbocycles. The average molecular weight is 198 g/mol. The van der Waals surface area contributed by atoms with Gasteiger partial charge in [-0.25, -0.2) is 0 Å². The predicted molar refractivity (Wildman–Crippen MR) is 64.0 cm³/mol. The molecule has 0 atom stereocenters. The summed E-state index contributed by atoms with van der Waals surface area (Å²) in [6, 6.07) is 6.21. The summed E-state index contributed by atoms with van der Waals surface area (Å²) in [4.78, 5) is 0. The normalized spacial score (nSPS) is 14.2. The van der Waals surface area contributed by atoms with Gasteiger partial charge in [0.05, 0.1) is 0 Å². The first kappa shape index (κ1) is 9.78. The van der Waals surface area contributed by atoms with Gasteiger partial charge in [-0.3, -0.25) is 0 Å². The Morgan fingerprint density at radius 2 is 2.07 bits per heavy atom. The maximum Gasteiger partial charge on any atom is 0.127 e. The summed E-state index contributed by atoms with van der Waals surface area (Å²) < 4.78 is 5.66. The fourth-order valence-electron chi connectivity index (χ4n) is 1.79. The van der Waals surface area contributed by atoms with Gasteiger partial charge < -0.3 is 4.74 Å². The van der Waals surface area contributed by atoms with E-state index in [0.717, 1.165) is 22.5 Å². The van der Waals surface area contributed by atoms with E-state index in [9.17, 15) is 0 Å². The standard InChI is InChI=1S/C14H14O/c1-4-11-9-15-14-8-10(3)6-7-13(14)12(11)5-2/h4-8H,1-2,9H2,3H3. The van der Waals surface area contributed by atoms with Crippen LogP contribution in [0.25, 0.3) is 5.57 Å². The van der Waals surface area contributed by atoms with E-state index in [1.165, 1.54) is 5.56 Å². The third-order valence-corrected chi connectivity index (χ3v) is 2.61. The van der Waals surface area contributed by atoms with Crippen molar-refractivity contribution in [1.29, 1.82) is 0 Å². The maximum absolute atomic E-state index is 5.66. The van der Waals surface area contributed by atoms with Gasteiger partial charge in [0.15, 0.2) is 0 Å². The second-order valence-electron chi connectivity index (χ2n) is 3.64. The number of hydrogen-bond donors (Lipinski definition) is 0. The molecule has 76 valence electrons. The molecule has 0 saturated heterocycles. The number of ether oxygens (including phenoxy) is 1. The number of hydrogen-bond acceptors (Lipinski definition) is 1. The van der Waals surface area contributed by atoms with Gasteiger partial charge in [0.25, 0.3) is 0 Å². The molecule has 1 nitrogen and oxygen atoms in total. The zero-order chi connectivity index (χ0) is 10.8. The van der Waals surface area contributed by atoms with E-state index in [1.807, 2.05) is 12.2 Å². The quantitative estimate of drug-likeness (QED) is 0.706. The lowest BCUT2D eigenvalue weighted by atomic mass is 9.96. The molecule has 0 aromatic heterocycles. The van der Waals surface area contributed by atoms with E-state index < -0.39 is 0 Å². The second-order valence-corrected chi connectivity index (χ2v) is 3.64. The molecule has 1 aromatic carbocycles. The van der Waals surface area contributed by atoms with E-state index in [-0.39, 0.29) is 0 Å². The summed E-state index contributed by atoms with van der Waals surface area (Å²) >= 11 is 0. The molecule has 1 aromatic rings. The highest BCUT2D eigenvalue weighted by Crippen LogP contribution is 2.34. The Kier molecular flexibility index (Phi) is 2.46. The van der Waals surface area contributed by atoms with Gasteiger partial charge in [0, 0.05) is 5.56 Å². The molecule has 0 bridgehead atoms. The van der Waals surface area contributed by atoms with E-state index in [2.05, 4.69) is 38.3 Å². The van der Waals surface area contributed by atoms with Gasteiger partial charge in [0.1, 0.15) is 12.4 Å². The van der Waals surface area contributed by atoms with Crippen LogP contribution in [0.4, 0.5) is 0 Å². The fraction of sp³-hybridized carbons (Fsp3) is 0.143. The zero-order valence-electron chi connectivity index (χ0n) is 8.92. The fourth-order valence-corrected chi connectivity index (χ4v) is 1.79. The number of rotatable bonds is 2. The monoisotopic (exact) mass is 198 g/mol. The number of benzene rings is 1. The minimum atomic E-state index is 0.585. The van der Waals surface area contributed by atoms with Crippen LogP contribution in [0.5, 0.6) is 5.75 Å². The Balaban J connectivity index is 2.62. The van der Waals surface area contributed by atoms with Crippen LogP contribution in [0.1, 0.15) is 11.1 Å². The molecule has 1 heterocycles. The summed E-state index contributed by atoms with van der Waals surface area (Å²) in [5, 5.41) is 0. The molecular formula is C14H14O. The highest BCUT2D eigenvalue weighted by molar-refractivity contribution is 5.82. The molecule has 1 heteroatoms. The van der Waals surface area contributed by atoms with Crippen molar-refractivity contribution in [3.05, 3.63) is 60.2 Å². The first-order valence-electron chi connectivity index (χ1n) is 4.98. The van der Waals surface area contributed by atoms with Gasteiger partial charge >= 0.3 is 0 Å². The number of allylic oxidation sites excluding steroid dienone is 2. The minimum Gasteiger partial charge on any atom is -0.488 e. The summed E-state index contributed by atoms with van der Waals surface area (Å²) in [6.07, 6.45) is 3.70. The molecule has 2 rings (SSSR count). The lowest BCUT2D eigenvalue weighted by Gasteiger charge is -2.21. The van der Waals surface area contributed by atoms with Crippen LogP contribution < -0.4 is 4.74 Å². The molecule has 0 spiro atoms. The summed E-state index contributed by atoms with van der Waals surface area (Å²) in [7, 11) is 0. The van der Waals surface area contributed by atoms with Gasteiger partial charge in [-0.15, -0.1) is 0 Å². The van der Waals surface area contributed by atoms with Crippen molar-refractivity contribution in [3.63, 3.8) is 0 Å². The largest absolute Gasteiger partial charge is 0.488 e. The smallest absolute Gasteiger partial charge is 0.127 e. The van der Waals surface area contributed by atoms with Crippen LogP contribution >= 0.6 is 0 Å². The van der Waals surface area contributed by atoms with Crippen molar-refractivity contribution < 1.29 is 4.74 Å². The Labute approximate surface area is 90.4 Å².